The SMILES string of the molecule is O=C(c1ccccc1Cl)[C@@H]1[C@H](C(=O)c2ccc(Cl)cc2)[C@@]2(C(=O)Nc3ccccc32)[C@H]2C=Cc3ccccc3N12. The first-order valence-corrected chi connectivity index (χ1v) is 13.7. The molecule has 0 radical (unpaired) electrons. The van der Waals surface area contributed by atoms with Crippen molar-refractivity contribution in [3.05, 3.63) is 135 Å². The molecule has 7 heteroatoms. The van der Waals surface area contributed by atoms with Crippen LogP contribution in [-0.2, 0) is 10.2 Å². The summed E-state index contributed by atoms with van der Waals surface area (Å²) < 4.78 is 0. The van der Waals surface area contributed by atoms with Crippen molar-refractivity contribution in [2.45, 2.75) is 17.5 Å². The van der Waals surface area contributed by atoms with Crippen molar-refractivity contribution in [1.29, 1.82) is 0 Å². The maximum Gasteiger partial charge on any atom is 0.238 e. The molecule has 3 aliphatic rings. The van der Waals surface area contributed by atoms with E-state index in [-0.39, 0.29) is 17.5 Å². The van der Waals surface area contributed by atoms with Crippen LogP contribution in [0.1, 0.15) is 31.8 Å². The van der Waals surface area contributed by atoms with E-state index in [0.29, 0.717) is 32.4 Å². The summed E-state index contributed by atoms with van der Waals surface area (Å²) in [6, 6.07) is 26.9. The van der Waals surface area contributed by atoms with Crippen LogP contribution in [-0.4, -0.2) is 29.6 Å². The molecule has 1 spiro atoms. The Bertz CT molecular complexity index is 1750. The second-order valence-electron chi connectivity index (χ2n) is 10.3. The Labute approximate surface area is 241 Å². The molecule has 196 valence electrons. The number of halogens is 2. The van der Waals surface area contributed by atoms with Crippen LogP contribution in [0.3, 0.4) is 0 Å². The second-order valence-corrected chi connectivity index (χ2v) is 11.1. The lowest BCUT2D eigenvalue weighted by Gasteiger charge is -2.37. The molecule has 3 heterocycles. The first-order chi connectivity index (χ1) is 19.4. The molecule has 1 N–H and O–H groups in total. The molecule has 0 unspecified atom stereocenters. The van der Waals surface area contributed by atoms with E-state index in [9.17, 15) is 14.4 Å². The van der Waals surface area contributed by atoms with Crippen LogP contribution < -0.4 is 10.2 Å². The second kappa shape index (κ2) is 9.19. The Kier molecular flexibility index (Phi) is 5.70. The van der Waals surface area contributed by atoms with E-state index in [0.717, 1.165) is 11.3 Å². The molecule has 4 atom stereocenters. The first kappa shape index (κ1) is 24.8. The molecule has 4 aromatic carbocycles. The highest BCUT2D eigenvalue weighted by Gasteiger charge is 2.70. The molecule has 5 nitrogen and oxygen atoms in total. The average molecular weight is 565 g/mol. The van der Waals surface area contributed by atoms with E-state index in [1.165, 1.54) is 0 Å². The number of anilines is 2. The number of Topliss-reactive ketones (excluding diaryl/α,β-unsaturated/α-hetero) is 2. The molecular formula is C33H22Cl2N2O3. The minimum atomic E-state index is -1.38. The fourth-order valence-electron chi connectivity index (χ4n) is 6.73. The summed E-state index contributed by atoms with van der Waals surface area (Å²) in [6.07, 6.45) is 3.92. The largest absolute Gasteiger partial charge is 0.352 e. The smallest absolute Gasteiger partial charge is 0.238 e. The van der Waals surface area contributed by atoms with Crippen molar-refractivity contribution in [2.24, 2.45) is 5.92 Å². The maximum atomic E-state index is 14.7. The fourth-order valence-corrected chi connectivity index (χ4v) is 7.09. The summed E-state index contributed by atoms with van der Waals surface area (Å²) in [5, 5.41) is 3.81. The normalized spacial score (nSPS) is 23.9. The number of nitrogens with zero attached hydrogens (tertiary/aromatic N) is 1. The summed E-state index contributed by atoms with van der Waals surface area (Å²) in [5.74, 6) is -2.01. The number of nitrogens with one attached hydrogen (secondary N) is 1. The zero-order chi connectivity index (χ0) is 27.6. The minimum absolute atomic E-state index is 0.291. The third kappa shape index (κ3) is 3.38. The lowest BCUT2D eigenvalue weighted by atomic mass is 9.64. The van der Waals surface area contributed by atoms with Crippen molar-refractivity contribution in [1.82, 2.24) is 0 Å². The van der Waals surface area contributed by atoms with Crippen molar-refractivity contribution in [3.8, 4) is 0 Å². The van der Waals surface area contributed by atoms with Gasteiger partial charge in [0.05, 0.1) is 17.0 Å². The number of ketones is 2. The van der Waals surface area contributed by atoms with Crippen molar-refractivity contribution in [3.63, 3.8) is 0 Å². The van der Waals surface area contributed by atoms with E-state index in [1.807, 2.05) is 65.6 Å². The lowest BCUT2D eigenvalue weighted by molar-refractivity contribution is -0.121. The van der Waals surface area contributed by atoms with E-state index < -0.39 is 23.4 Å². The number of amides is 1. The Morgan fingerprint density at radius 3 is 2.30 bits per heavy atom. The van der Waals surface area contributed by atoms with Crippen LogP contribution in [0.4, 0.5) is 11.4 Å². The number of carbonyl (C=O) groups is 3. The molecular weight excluding hydrogens is 543 g/mol. The maximum absolute atomic E-state index is 14.7. The number of benzene rings is 4. The van der Waals surface area contributed by atoms with E-state index in [2.05, 4.69) is 5.32 Å². The predicted octanol–water partition coefficient (Wildman–Crippen LogP) is 6.85. The molecule has 3 aliphatic heterocycles. The summed E-state index contributed by atoms with van der Waals surface area (Å²) in [5.41, 5.74) is 2.32. The zero-order valence-corrected chi connectivity index (χ0v) is 22.6. The van der Waals surface area contributed by atoms with Gasteiger partial charge in [-0.25, -0.2) is 0 Å². The predicted molar refractivity (Wildman–Crippen MR) is 157 cm³/mol. The van der Waals surface area contributed by atoms with Gasteiger partial charge < -0.3 is 10.2 Å². The lowest BCUT2D eigenvalue weighted by Crippen LogP contribution is -2.51. The van der Waals surface area contributed by atoms with Crippen molar-refractivity contribution >= 4 is 58.1 Å². The summed E-state index contributed by atoms with van der Waals surface area (Å²) >= 11 is 12.7. The molecule has 1 saturated heterocycles. The molecule has 4 aromatic rings. The van der Waals surface area contributed by atoms with E-state index >= 15 is 0 Å². The topological polar surface area (TPSA) is 66.5 Å². The fraction of sp³-hybridized carbons (Fsp3) is 0.121. The van der Waals surface area contributed by atoms with Gasteiger partial charge in [0.2, 0.25) is 5.91 Å². The summed E-state index contributed by atoms with van der Waals surface area (Å²) in [4.78, 5) is 45.6. The molecule has 1 fully saturated rings. The van der Waals surface area contributed by atoms with Gasteiger partial charge in [0.25, 0.3) is 0 Å². The summed E-state index contributed by atoms with van der Waals surface area (Å²) in [7, 11) is 0. The third-order valence-corrected chi connectivity index (χ3v) is 8.94. The molecule has 7 rings (SSSR count). The number of fused-ring (bicyclic) bond motifs is 6. The van der Waals surface area contributed by atoms with Gasteiger partial charge in [-0.15, -0.1) is 0 Å². The van der Waals surface area contributed by atoms with Gasteiger partial charge >= 0.3 is 0 Å². The van der Waals surface area contributed by atoms with E-state index in [1.54, 1.807) is 48.5 Å². The molecule has 1 amide bonds. The van der Waals surface area contributed by atoms with Gasteiger partial charge in [0.15, 0.2) is 11.6 Å². The number of para-hydroxylation sites is 2. The van der Waals surface area contributed by atoms with Gasteiger partial charge in [0, 0.05) is 27.5 Å². The van der Waals surface area contributed by atoms with Crippen LogP contribution in [0, 0.1) is 5.92 Å². The average Bonchev–Trinajstić information content (AvgIpc) is 3.45. The van der Waals surface area contributed by atoms with Crippen LogP contribution in [0.15, 0.2) is 103 Å². The number of hydrogen-bond donors (Lipinski definition) is 1. The minimum Gasteiger partial charge on any atom is -0.352 e. The number of carbonyl (C=O) groups excluding carboxylic acids is 3. The third-order valence-electron chi connectivity index (χ3n) is 8.36. The monoisotopic (exact) mass is 564 g/mol. The van der Waals surface area contributed by atoms with Gasteiger partial charge in [0.1, 0.15) is 11.5 Å². The molecule has 0 aromatic heterocycles. The highest BCUT2D eigenvalue weighted by molar-refractivity contribution is 6.34. The van der Waals surface area contributed by atoms with Gasteiger partial charge in [-0.1, -0.05) is 83.9 Å². The summed E-state index contributed by atoms with van der Waals surface area (Å²) in [6.45, 7) is 0. The number of hydrogen-bond acceptors (Lipinski definition) is 4. The molecule has 0 aliphatic carbocycles. The first-order valence-electron chi connectivity index (χ1n) is 13.0. The molecule has 0 saturated carbocycles. The van der Waals surface area contributed by atoms with Crippen LogP contribution in [0.5, 0.6) is 0 Å². The zero-order valence-electron chi connectivity index (χ0n) is 21.1. The van der Waals surface area contributed by atoms with Gasteiger partial charge in [-0.05, 0) is 59.7 Å². The molecule has 40 heavy (non-hydrogen) atoms. The Balaban J connectivity index is 1.55. The number of rotatable bonds is 4. The standard InChI is InChI=1S/C33H22Cl2N2O3/c34-21-16-13-20(14-17-21)30(38)28-29(31(39)22-8-2-4-10-24(22)35)37-26-12-6-1-7-19(26)15-18-27(37)33(28)23-9-3-5-11-25(23)36-32(33)40/h1-18,27-29H,(H,36,40)/t27-,28-,29+,33+/m1/s1. The Morgan fingerprint density at radius 1 is 0.800 bits per heavy atom. The highest BCUT2D eigenvalue weighted by atomic mass is 35.5. The van der Waals surface area contributed by atoms with Crippen molar-refractivity contribution in [2.75, 3.05) is 10.2 Å². The van der Waals surface area contributed by atoms with E-state index in [4.69, 9.17) is 23.2 Å². The Hall–Kier alpha value is -4.19. The van der Waals surface area contributed by atoms with Crippen molar-refractivity contribution < 1.29 is 14.4 Å². The van der Waals surface area contributed by atoms with Gasteiger partial charge in [-0.3, -0.25) is 14.4 Å². The quantitative estimate of drug-likeness (QED) is 0.275. The van der Waals surface area contributed by atoms with Gasteiger partial charge in [-0.2, -0.15) is 0 Å². The highest BCUT2D eigenvalue weighted by Crippen LogP contribution is 2.58. The van der Waals surface area contributed by atoms with Crippen LogP contribution in [0.2, 0.25) is 10.0 Å². The Morgan fingerprint density at radius 2 is 1.50 bits per heavy atom. The van der Waals surface area contributed by atoms with Crippen LogP contribution >= 0.6 is 23.2 Å². The molecule has 0 bridgehead atoms. The van der Waals surface area contributed by atoms with Crippen LogP contribution in [0.25, 0.3) is 6.08 Å².